The van der Waals surface area contributed by atoms with Gasteiger partial charge in [0.2, 0.25) is 15.7 Å². The van der Waals surface area contributed by atoms with Gasteiger partial charge in [-0.2, -0.15) is 0 Å². The number of nitrogens with one attached hydrogen (secondary N) is 2. The molecule has 148 valence electrons. The number of carbonyl (C=O) groups excluding carboxylic acids is 1. The molecule has 7 heteroatoms. The number of fused-ring (bicyclic) bond motifs is 2. The predicted molar refractivity (Wildman–Crippen MR) is 112 cm³/mol. The van der Waals surface area contributed by atoms with Gasteiger partial charge in [-0.25, -0.2) is 8.42 Å². The average molecular weight is 463 g/mol. The molecule has 0 heterocycles. The van der Waals surface area contributed by atoms with Gasteiger partial charge >= 0.3 is 0 Å². The molecule has 28 heavy (non-hydrogen) atoms. The fourth-order valence-corrected chi connectivity index (χ4v) is 6.44. The van der Waals surface area contributed by atoms with Crippen molar-refractivity contribution in [3.63, 3.8) is 0 Å². The summed E-state index contributed by atoms with van der Waals surface area (Å²) in [6.45, 7) is 0.0484. The average Bonchev–Trinajstić information content (AvgIpc) is 3.31. The van der Waals surface area contributed by atoms with Crippen LogP contribution in [0.3, 0.4) is 0 Å². The van der Waals surface area contributed by atoms with E-state index in [0.717, 1.165) is 12.3 Å². The first-order valence-corrected chi connectivity index (χ1v) is 11.8. The van der Waals surface area contributed by atoms with E-state index in [4.69, 9.17) is 0 Å². The molecule has 0 radical (unpaired) electrons. The Kier molecular flexibility index (Phi) is 5.47. The first-order valence-electron chi connectivity index (χ1n) is 9.56. The smallest absolute Gasteiger partial charge is 0.239 e. The van der Waals surface area contributed by atoms with E-state index in [0.29, 0.717) is 16.1 Å². The van der Waals surface area contributed by atoms with Crippen LogP contribution in [0, 0.1) is 11.8 Å². The number of rotatable bonds is 6. The fourth-order valence-electron chi connectivity index (χ4n) is 4.45. The van der Waals surface area contributed by atoms with Crippen molar-refractivity contribution in [3.8, 4) is 0 Å². The van der Waals surface area contributed by atoms with E-state index in [-0.39, 0.29) is 28.3 Å². The minimum absolute atomic E-state index is 0.0484. The molecule has 0 saturated heterocycles. The zero-order chi connectivity index (χ0) is 19.7. The van der Waals surface area contributed by atoms with Gasteiger partial charge in [-0.05, 0) is 61.4 Å². The fraction of sp³-hybridized carbons (Fsp3) is 0.381. The van der Waals surface area contributed by atoms with Crippen LogP contribution in [-0.4, -0.2) is 26.9 Å². The van der Waals surface area contributed by atoms with Gasteiger partial charge in [0.1, 0.15) is 0 Å². The molecular weight excluding hydrogens is 440 g/mol. The summed E-state index contributed by atoms with van der Waals surface area (Å²) in [5, 5.41) is 6.14. The molecule has 5 nitrogen and oxygen atoms in total. The Balaban J connectivity index is 1.48. The van der Waals surface area contributed by atoms with Crippen molar-refractivity contribution in [2.24, 2.45) is 11.8 Å². The van der Waals surface area contributed by atoms with E-state index in [9.17, 15) is 13.2 Å². The summed E-state index contributed by atoms with van der Waals surface area (Å²) in [7, 11) is -3.69. The summed E-state index contributed by atoms with van der Waals surface area (Å²) in [5.74, 6) is 1.27. The van der Waals surface area contributed by atoms with Crippen molar-refractivity contribution in [2.45, 2.75) is 41.5 Å². The Bertz CT molecular complexity index is 978. The molecule has 3 unspecified atom stereocenters. The summed E-state index contributed by atoms with van der Waals surface area (Å²) >= 11 is 3.35. The van der Waals surface area contributed by atoms with Crippen LogP contribution in [0.2, 0.25) is 0 Å². The summed E-state index contributed by atoms with van der Waals surface area (Å²) in [6, 6.07) is 13.6. The molecule has 2 aromatic rings. The Labute approximate surface area is 174 Å². The molecule has 2 bridgehead atoms. The van der Waals surface area contributed by atoms with Crippen LogP contribution in [0.15, 0.2) is 62.8 Å². The lowest BCUT2D eigenvalue weighted by molar-refractivity contribution is -0.120. The van der Waals surface area contributed by atoms with Crippen molar-refractivity contribution in [2.75, 3.05) is 11.9 Å². The van der Waals surface area contributed by atoms with Crippen molar-refractivity contribution in [1.29, 1.82) is 0 Å². The first kappa shape index (κ1) is 19.5. The minimum atomic E-state index is -3.69. The molecular formula is C21H23BrN2O3S. The van der Waals surface area contributed by atoms with Crippen LogP contribution >= 0.6 is 15.9 Å². The van der Waals surface area contributed by atoms with E-state index in [2.05, 4.69) is 26.6 Å². The van der Waals surface area contributed by atoms with Crippen LogP contribution < -0.4 is 10.6 Å². The Morgan fingerprint density at radius 1 is 1.07 bits per heavy atom. The van der Waals surface area contributed by atoms with Gasteiger partial charge in [0.05, 0.1) is 22.0 Å². The van der Waals surface area contributed by atoms with Crippen LogP contribution in [0.25, 0.3) is 0 Å². The van der Waals surface area contributed by atoms with Crippen LogP contribution in [0.5, 0.6) is 0 Å². The standard InChI is InChI=1S/C21H23BrN2O3S/c22-16-8-9-18(20(12-16)28(26,27)17-4-2-1-3-5-17)23-13-21(25)24-19-11-14-6-7-15(19)10-14/h1-5,8-9,12,14-15,19,23H,6-7,10-11,13H2,(H,24,25). The number of benzene rings is 2. The largest absolute Gasteiger partial charge is 0.375 e. The second kappa shape index (κ2) is 7.87. The van der Waals surface area contributed by atoms with Gasteiger partial charge in [-0.3, -0.25) is 4.79 Å². The third kappa shape index (κ3) is 3.96. The molecule has 2 fully saturated rings. The van der Waals surface area contributed by atoms with Gasteiger partial charge in [-0.1, -0.05) is 40.5 Å². The normalized spacial score (nSPS) is 23.5. The highest BCUT2D eigenvalue weighted by Crippen LogP contribution is 2.44. The predicted octanol–water partition coefficient (Wildman–Crippen LogP) is 4.00. The SMILES string of the molecule is O=C(CNc1ccc(Br)cc1S(=O)(=O)c1ccccc1)NC1CC2CCC1C2. The van der Waals surface area contributed by atoms with Gasteiger partial charge in [0, 0.05) is 10.5 Å². The van der Waals surface area contributed by atoms with E-state index < -0.39 is 9.84 Å². The zero-order valence-electron chi connectivity index (χ0n) is 15.4. The third-order valence-corrected chi connectivity index (χ3v) is 8.11. The molecule has 1 amide bonds. The summed E-state index contributed by atoms with van der Waals surface area (Å²) in [5.41, 5.74) is 0.426. The number of amides is 1. The quantitative estimate of drug-likeness (QED) is 0.679. The number of sulfone groups is 1. The van der Waals surface area contributed by atoms with Crippen molar-refractivity contribution in [1.82, 2.24) is 5.32 Å². The van der Waals surface area contributed by atoms with Gasteiger partial charge in [0.25, 0.3) is 0 Å². The number of carbonyl (C=O) groups is 1. The number of hydrogen-bond acceptors (Lipinski definition) is 4. The third-order valence-electron chi connectivity index (χ3n) is 5.81. The molecule has 2 aliphatic carbocycles. The topological polar surface area (TPSA) is 75.3 Å². The lowest BCUT2D eigenvalue weighted by atomic mass is 9.95. The Morgan fingerprint density at radius 2 is 1.86 bits per heavy atom. The number of anilines is 1. The monoisotopic (exact) mass is 462 g/mol. The van der Waals surface area contributed by atoms with Gasteiger partial charge < -0.3 is 10.6 Å². The summed E-state index contributed by atoms with van der Waals surface area (Å²) in [4.78, 5) is 12.8. The lowest BCUT2D eigenvalue weighted by Gasteiger charge is -2.23. The van der Waals surface area contributed by atoms with Gasteiger partial charge in [0.15, 0.2) is 0 Å². The summed E-state index contributed by atoms with van der Waals surface area (Å²) < 4.78 is 26.8. The molecule has 0 spiro atoms. The minimum Gasteiger partial charge on any atom is -0.375 e. The zero-order valence-corrected chi connectivity index (χ0v) is 17.8. The Hall–Kier alpha value is -1.86. The highest BCUT2D eigenvalue weighted by Gasteiger charge is 2.40. The highest BCUT2D eigenvalue weighted by molar-refractivity contribution is 9.10. The second-order valence-electron chi connectivity index (χ2n) is 7.66. The maximum Gasteiger partial charge on any atom is 0.239 e. The van der Waals surface area contributed by atoms with E-state index in [1.54, 1.807) is 48.5 Å². The molecule has 3 atom stereocenters. The van der Waals surface area contributed by atoms with E-state index >= 15 is 0 Å². The van der Waals surface area contributed by atoms with Crippen LogP contribution in [0.1, 0.15) is 25.7 Å². The molecule has 2 aliphatic rings. The maximum atomic E-state index is 13.1. The highest BCUT2D eigenvalue weighted by atomic mass is 79.9. The number of hydrogen-bond donors (Lipinski definition) is 2. The van der Waals surface area contributed by atoms with Gasteiger partial charge in [-0.15, -0.1) is 0 Å². The molecule has 2 N–H and O–H groups in total. The number of halogens is 1. The second-order valence-corrected chi connectivity index (χ2v) is 10.5. The van der Waals surface area contributed by atoms with Crippen molar-refractivity contribution >= 4 is 37.4 Å². The van der Waals surface area contributed by atoms with Crippen molar-refractivity contribution < 1.29 is 13.2 Å². The summed E-state index contributed by atoms with van der Waals surface area (Å²) in [6.07, 6.45) is 4.79. The molecule has 4 rings (SSSR count). The molecule has 0 aromatic heterocycles. The first-order chi connectivity index (χ1) is 13.4. The van der Waals surface area contributed by atoms with E-state index in [1.807, 2.05) is 0 Å². The van der Waals surface area contributed by atoms with Crippen LogP contribution in [-0.2, 0) is 14.6 Å². The molecule has 2 aromatic carbocycles. The van der Waals surface area contributed by atoms with E-state index in [1.165, 1.54) is 19.3 Å². The maximum absolute atomic E-state index is 13.1. The lowest BCUT2D eigenvalue weighted by Crippen LogP contribution is -2.41. The molecule has 0 aliphatic heterocycles. The van der Waals surface area contributed by atoms with Crippen molar-refractivity contribution in [3.05, 3.63) is 53.0 Å². The van der Waals surface area contributed by atoms with Crippen LogP contribution in [0.4, 0.5) is 5.69 Å². The Morgan fingerprint density at radius 3 is 2.54 bits per heavy atom. The molecule has 2 saturated carbocycles.